The molecular formula is C12H17N5O4. The Hall–Kier alpha value is -1.94. The van der Waals surface area contributed by atoms with Crippen molar-refractivity contribution in [2.24, 2.45) is 0 Å². The molecule has 3 heterocycles. The molecule has 2 aromatic heterocycles. The molecule has 1 aliphatic heterocycles. The topological polar surface area (TPSA) is 153 Å². The van der Waals surface area contributed by atoms with Crippen LogP contribution in [0.3, 0.4) is 0 Å². The monoisotopic (exact) mass is 295 g/mol. The third-order valence-corrected chi connectivity index (χ3v) is 3.81. The van der Waals surface area contributed by atoms with E-state index < -0.39 is 30.6 Å². The Kier molecular flexibility index (Phi) is 3.02. The molecule has 0 radical (unpaired) electrons. The molecule has 0 unspecified atom stereocenters. The summed E-state index contributed by atoms with van der Waals surface area (Å²) in [6.07, 6.45) is -1.45. The van der Waals surface area contributed by atoms with Crippen LogP contribution in [0, 0.1) is 0 Å². The van der Waals surface area contributed by atoms with Crippen LogP contribution in [0.2, 0.25) is 0 Å². The SMILES string of the molecule is C[C@@]1(O)[C@H](O)[C@@H](CO)O[C@H]1n1ccc2c(N)nc(N)nc21. The summed E-state index contributed by atoms with van der Waals surface area (Å²) in [7, 11) is 0. The Morgan fingerprint density at radius 2 is 2.14 bits per heavy atom. The molecular weight excluding hydrogens is 278 g/mol. The Morgan fingerprint density at radius 1 is 1.43 bits per heavy atom. The van der Waals surface area contributed by atoms with Gasteiger partial charge in [-0.05, 0) is 13.0 Å². The van der Waals surface area contributed by atoms with E-state index in [0.717, 1.165) is 0 Å². The molecule has 9 heteroatoms. The minimum absolute atomic E-state index is 0.00292. The standard InChI is InChI=1S/C12H17N5O4/c1-12(20)7(19)6(4-18)21-10(12)17-3-2-5-8(13)15-11(14)16-9(5)17/h2-3,6-7,10,18-20H,4H2,1H3,(H4,13,14,15,16)/t6-,7-,10-,12-/m1/s1. The molecule has 0 amide bonds. The zero-order valence-electron chi connectivity index (χ0n) is 11.3. The summed E-state index contributed by atoms with van der Waals surface area (Å²) < 4.78 is 7.06. The van der Waals surface area contributed by atoms with Crippen molar-refractivity contribution in [3.8, 4) is 0 Å². The van der Waals surface area contributed by atoms with E-state index in [-0.39, 0.29) is 11.8 Å². The highest BCUT2D eigenvalue weighted by atomic mass is 16.6. The quantitative estimate of drug-likeness (QED) is 0.453. The van der Waals surface area contributed by atoms with Gasteiger partial charge >= 0.3 is 0 Å². The van der Waals surface area contributed by atoms with Crippen LogP contribution in [0.5, 0.6) is 0 Å². The minimum Gasteiger partial charge on any atom is -0.394 e. The van der Waals surface area contributed by atoms with Crippen LogP contribution in [0.25, 0.3) is 11.0 Å². The molecule has 9 nitrogen and oxygen atoms in total. The summed E-state index contributed by atoms with van der Waals surface area (Å²) in [6.45, 7) is 1.02. The van der Waals surface area contributed by atoms with Gasteiger partial charge in [-0.3, -0.25) is 0 Å². The van der Waals surface area contributed by atoms with Crippen molar-refractivity contribution in [1.82, 2.24) is 14.5 Å². The zero-order chi connectivity index (χ0) is 15.4. The largest absolute Gasteiger partial charge is 0.394 e. The smallest absolute Gasteiger partial charge is 0.223 e. The summed E-state index contributed by atoms with van der Waals surface area (Å²) in [5, 5.41) is 30.3. The van der Waals surface area contributed by atoms with E-state index in [9.17, 15) is 15.3 Å². The van der Waals surface area contributed by atoms with E-state index >= 15 is 0 Å². The Balaban J connectivity index is 2.13. The van der Waals surface area contributed by atoms with Crippen LogP contribution in [-0.2, 0) is 4.74 Å². The highest BCUT2D eigenvalue weighted by Gasteiger charge is 2.53. The van der Waals surface area contributed by atoms with Crippen LogP contribution >= 0.6 is 0 Å². The van der Waals surface area contributed by atoms with E-state index in [1.54, 1.807) is 12.3 Å². The van der Waals surface area contributed by atoms with Crippen LogP contribution in [0.15, 0.2) is 12.3 Å². The molecule has 4 atom stereocenters. The number of ether oxygens (including phenoxy) is 1. The van der Waals surface area contributed by atoms with Gasteiger partial charge in [-0.25, -0.2) is 0 Å². The first kappa shape index (κ1) is 14.0. The number of aliphatic hydroxyl groups is 3. The predicted octanol–water partition coefficient (Wildman–Crippen LogP) is -1.40. The van der Waals surface area contributed by atoms with Gasteiger partial charge in [0.1, 0.15) is 29.3 Å². The maximum atomic E-state index is 10.5. The third-order valence-electron chi connectivity index (χ3n) is 3.81. The van der Waals surface area contributed by atoms with Crippen molar-refractivity contribution >= 4 is 22.8 Å². The fourth-order valence-corrected chi connectivity index (χ4v) is 2.65. The van der Waals surface area contributed by atoms with Gasteiger partial charge in [-0.2, -0.15) is 9.97 Å². The molecule has 0 bridgehead atoms. The van der Waals surface area contributed by atoms with E-state index in [2.05, 4.69) is 9.97 Å². The lowest BCUT2D eigenvalue weighted by molar-refractivity contribution is -0.0948. The number of aliphatic hydroxyl groups excluding tert-OH is 2. The number of rotatable bonds is 2. The number of aromatic nitrogens is 3. The average molecular weight is 295 g/mol. The van der Waals surface area contributed by atoms with Crippen LogP contribution in [0.1, 0.15) is 13.2 Å². The normalized spacial score (nSPS) is 32.9. The van der Waals surface area contributed by atoms with Crippen molar-refractivity contribution in [2.75, 3.05) is 18.1 Å². The second-order valence-corrected chi connectivity index (χ2v) is 5.31. The van der Waals surface area contributed by atoms with Crippen molar-refractivity contribution < 1.29 is 20.1 Å². The van der Waals surface area contributed by atoms with Gasteiger partial charge in [0, 0.05) is 6.20 Å². The molecule has 21 heavy (non-hydrogen) atoms. The number of anilines is 2. The van der Waals surface area contributed by atoms with Gasteiger partial charge in [0.25, 0.3) is 0 Å². The second-order valence-electron chi connectivity index (χ2n) is 5.31. The highest BCUT2D eigenvalue weighted by molar-refractivity contribution is 5.87. The molecule has 114 valence electrons. The summed E-state index contributed by atoms with van der Waals surface area (Å²) in [4.78, 5) is 7.96. The molecule has 0 saturated carbocycles. The third kappa shape index (κ3) is 1.94. The van der Waals surface area contributed by atoms with Crippen molar-refractivity contribution in [3.63, 3.8) is 0 Å². The Bertz CT molecular complexity index is 686. The fraction of sp³-hybridized carbons (Fsp3) is 0.500. The lowest BCUT2D eigenvalue weighted by Gasteiger charge is -2.27. The number of fused-ring (bicyclic) bond motifs is 1. The van der Waals surface area contributed by atoms with Gasteiger partial charge in [-0.15, -0.1) is 0 Å². The van der Waals surface area contributed by atoms with Gasteiger partial charge in [0.05, 0.1) is 12.0 Å². The van der Waals surface area contributed by atoms with Crippen molar-refractivity contribution in [3.05, 3.63) is 12.3 Å². The average Bonchev–Trinajstić information content (AvgIpc) is 2.91. The molecule has 0 aliphatic carbocycles. The van der Waals surface area contributed by atoms with Gasteiger partial charge in [0.15, 0.2) is 6.23 Å². The summed E-state index contributed by atoms with van der Waals surface area (Å²) in [6, 6.07) is 1.67. The van der Waals surface area contributed by atoms with E-state index in [1.807, 2.05) is 0 Å². The van der Waals surface area contributed by atoms with E-state index in [1.165, 1.54) is 11.5 Å². The molecule has 3 rings (SSSR count). The predicted molar refractivity (Wildman–Crippen MR) is 74.0 cm³/mol. The zero-order valence-corrected chi connectivity index (χ0v) is 11.3. The molecule has 0 spiro atoms. The minimum atomic E-state index is -1.60. The van der Waals surface area contributed by atoms with Crippen LogP contribution < -0.4 is 11.5 Å². The summed E-state index contributed by atoms with van der Waals surface area (Å²) in [5.74, 6) is 0.213. The number of nitrogens with two attached hydrogens (primary N) is 2. The second kappa shape index (κ2) is 4.53. The lowest BCUT2D eigenvalue weighted by atomic mass is 9.96. The van der Waals surface area contributed by atoms with E-state index in [4.69, 9.17) is 16.2 Å². The Morgan fingerprint density at radius 3 is 2.76 bits per heavy atom. The molecule has 0 aromatic carbocycles. The number of nitrogens with zero attached hydrogens (tertiary/aromatic N) is 3. The lowest BCUT2D eigenvalue weighted by Crippen LogP contribution is -2.44. The first-order valence-corrected chi connectivity index (χ1v) is 6.42. The molecule has 7 N–H and O–H groups in total. The highest BCUT2D eigenvalue weighted by Crippen LogP contribution is 2.40. The molecule has 1 saturated heterocycles. The van der Waals surface area contributed by atoms with Crippen LogP contribution in [0.4, 0.5) is 11.8 Å². The number of nitrogen functional groups attached to an aromatic ring is 2. The first-order valence-electron chi connectivity index (χ1n) is 6.42. The van der Waals surface area contributed by atoms with Crippen molar-refractivity contribution in [2.45, 2.75) is 31.0 Å². The van der Waals surface area contributed by atoms with Crippen molar-refractivity contribution in [1.29, 1.82) is 0 Å². The van der Waals surface area contributed by atoms with Gasteiger partial charge in [0.2, 0.25) is 5.95 Å². The van der Waals surface area contributed by atoms with Crippen LogP contribution in [-0.4, -0.2) is 54.3 Å². The fourth-order valence-electron chi connectivity index (χ4n) is 2.65. The molecule has 2 aromatic rings. The number of hydrogen-bond donors (Lipinski definition) is 5. The number of hydrogen-bond acceptors (Lipinski definition) is 8. The first-order chi connectivity index (χ1) is 9.86. The summed E-state index contributed by atoms with van der Waals surface area (Å²) >= 11 is 0. The maximum absolute atomic E-state index is 10.5. The molecule has 1 aliphatic rings. The summed E-state index contributed by atoms with van der Waals surface area (Å²) in [5.41, 5.74) is 10.2. The molecule has 1 fully saturated rings. The van der Waals surface area contributed by atoms with Gasteiger partial charge < -0.3 is 36.1 Å². The maximum Gasteiger partial charge on any atom is 0.223 e. The van der Waals surface area contributed by atoms with Gasteiger partial charge in [-0.1, -0.05) is 0 Å². The Labute approximate surface area is 119 Å². The van der Waals surface area contributed by atoms with E-state index in [0.29, 0.717) is 11.0 Å².